The van der Waals surface area contributed by atoms with Gasteiger partial charge in [0.25, 0.3) is 20.0 Å². The molecule has 0 unspecified atom stereocenters. The molecule has 1 aliphatic heterocycles. The maximum atomic E-state index is 13.2. The minimum Gasteiger partial charge on any atom is -0.386 e. The highest BCUT2D eigenvalue weighted by molar-refractivity contribution is 7.94. The summed E-state index contributed by atoms with van der Waals surface area (Å²) in [5.74, 6) is -5.60. The van der Waals surface area contributed by atoms with Crippen molar-refractivity contribution >= 4 is 48.9 Å². The summed E-state index contributed by atoms with van der Waals surface area (Å²) in [5, 5.41) is 12.6. The quantitative estimate of drug-likeness (QED) is 0.218. The Morgan fingerprint density at radius 3 is 2.42 bits per heavy atom. The number of likely N-dealkylation sites (N-methyl/N-ethyl adjacent to an activating group) is 1. The van der Waals surface area contributed by atoms with Crippen LogP contribution in [0.1, 0.15) is 45.7 Å². The lowest BCUT2D eigenvalue weighted by Gasteiger charge is -2.32. The number of aliphatic hydroxyl groups excluding tert-OH is 1. The van der Waals surface area contributed by atoms with E-state index < -0.39 is 61.5 Å². The minimum absolute atomic E-state index is 0.107. The van der Waals surface area contributed by atoms with Gasteiger partial charge in [0.1, 0.15) is 14.5 Å². The number of amides is 1. The van der Waals surface area contributed by atoms with Crippen molar-refractivity contribution in [3.8, 4) is 0 Å². The smallest absolute Gasteiger partial charge is 0.273 e. The van der Waals surface area contributed by atoms with E-state index in [0.29, 0.717) is 30.9 Å². The average Bonchev–Trinajstić information content (AvgIpc) is 3.28. The Hall–Kier alpha value is -1.75. The van der Waals surface area contributed by atoms with E-state index in [1.165, 1.54) is 31.3 Å². The van der Waals surface area contributed by atoms with Gasteiger partial charge in [0.05, 0.1) is 11.8 Å². The van der Waals surface area contributed by atoms with Gasteiger partial charge in [-0.2, -0.15) is 4.31 Å². The van der Waals surface area contributed by atoms with Crippen molar-refractivity contribution in [2.24, 2.45) is 11.8 Å². The van der Waals surface area contributed by atoms with Crippen LogP contribution in [0.4, 0.5) is 0 Å². The van der Waals surface area contributed by atoms with Crippen LogP contribution >= 0.6 is 11.3 Å². The molecule has 204 valence electrons. The Bertz CT molecular complexity index is 1190. The zero-order valence-corrected chi connectivity index (χ0v) is 23.3. The Morgan fingerprint density at radius 2 is 1.86 bits per heavy atom. The monoisotopic (exact) mass is 567 g/mol. The summed E-state index contributed by atoms with van der Waals surface area (Å²) in [6, 6.07) is 0.763. The number of carbonyl (C=O) groups excluding carboxylic acids is 3. The van der Waals surface area contributed by atoms with E-state index in [2.05, 4.69) is 5.32 Å². The van der Waals surface area contributed by atoms with E-state index in [-0.39, 0.29) is 27.1 Å². The first-order valence-electron chi connectivity index (χ1n) is 11.4. The van der Waals surface area contributed by atoms with Crippen LogP contribution in [0, 0.1) is 11.8 Å². The number of fused-ring (bicyclic) bond motifs is 1. The van der Waals surface area contributed by atoms with E-state index in [1.807, 2.05) is 11.6 Å². The Labute approximate surface area is 215 Å². The minimum atomic E-state index is -4.52. The number of Topliss-reactive ketones (excluding diaryl/α,β-unsaturated/α-hetero) is 2. The largest absolute Gasteiger partial charge is 0.386 e. The normalized spacial score (nSPS) is 20.2. The second kappa shape index (κ2) is 12.2. The molecular formula is C21H33N3O9S3. The third-order valence-corrected chi connectivity index (χ3v) is 11.2. The second-order valence-electron chi connectivity index (χ2n) is 8.52. The van der Waals surface area contributed by atoms with E-state index in [4.69, 9.17) is 4.74 Å². The number of carbonyl (C=O) groups is 3. The maximum absolute atomic E-state index is 13.2. The van der Waals surface area contributed by atoms with Gasteiger partial charge in [-0.05, 0) is 39.8 Å². The summed E-state index contributed by atoms with van der Waals surface area (Å²) in [5.41, 5.74) is 0.290. The summed E-state index contributed by atoms with van der Waals surface area (Å²) in [7, 11) is -6.99. The summed E-state index contributed by atoms with van der Waals surface area (Å²) >= 11 is 0.523. The van der Waals surface area contributed by atoms with Crippen molar-refractivity contribution in [1.29, 1.82) is 0 Å². The number of ketones is 2. The molecule has 0 spiro atoms. The molecule has 1 amide bonds. The molecule has 1 aliphatic rings. The fourth-order valence-corrected chi connectivity index (χ4v) is 8.69. The molecule has 3 N–H and O–H groups in total. The molecule has 1 aromatic heterocycles. The zero-order chi connectivity index (χ0) is 27.4. The third kappa shape index (κ3) is 6.57. The van der Waals surface area contributed by atoms with E-state index in [9.17, 15) is 36.3 Å². The molecule has 12 nitrogen and oxygen atoms in total. The predicted molar refractivity (Wildman–Crippen MR) is 131 cm³/mol. The molecule has 0 aromatic carbocycles. The van der Waals surface area contributed by atoms with Crippen molar-refractivity contribution < 1.29 is 41.1 Å². The van der Waals surface area contributed by atoms with Gasteiger partial charge in [0.2, 0.25) is 5.91 Å². The van der Waals surface area contributed by atoms with Crippen LogP contribution < -0.4 is 10.0 Å². The number of hydrogen-bond acceptors (Lipinski definition) is 11. The van der Waals surface area contributed by atoms with Crippen LogP contribution in [0.2, 0.25) is 0 Å². The summed E-state index contributed by atoms with van der Waals surface area (Å²) in [4.78, 5) is 36.9. The van der Waals surface area contributed by atoms with Gasteiger partial charge in [-0.25, -0.2) is 21.6 Å². The number of aliphatic hydroxyl groups is 1. The zero-order valence-electron chi connectivity index (χ0n) is 20.8. The molecule has 4 atom stereocenters. The first-order chi connectivity index (χ1) is 16.7. The van der Waals surface area contributed by atoms with Crippen molar-refractivity contribution in [2.75, 3.05) is 33.4 Å². The lowest BCUT2D eigenvalue weighted by atomic mass is 9.90. The van der Waals surface area contributed by atoms with Gasteiger partial charge < -0.3 is 15.2 Å². The molecular weight excluding hydrogens is 534 g/mol. The summed E-state index contributed by atoms with van der Waals surface area (Å²) in [6.07, 6.45) is -0.959. The molecule has 0 saturated carbocycles. The van der Waals surface area contributed by atoms with Gasteiger partial charge in [-0.15, -0.1) is 11.3 Å². The second-order valence-corrected chi connectivity index (χ2v) is 13.6. The molecule has 15 heteroatoms. The lowest BCUT2D eigenvalue weighted by Crippen LogP contribution is -2.43. The van der Waals surface area contributed by atoms with Crippen molar-refractivity contribution in [1.82, 2.24) is 14.3 Å². The highest BCUT2D eigenvalue weighted by Crippen LogP contribution is 2.40. The lowest BCUT2D eigenvalue weighted by molar-refractivity contribution is -0.140. The molecule has 1 aromatic rings. The van der Waals surface area contributed by atoms with Crippen LogP contribution in [-0.2, 0) is 39.2 Å². The van der Waals surface area contributed by atoms with Crippen LogP contribution in [0.25, 0.3) is 0 Å². The number of hydrogen-bond donors (Lipinski definition) is 3. The fraction of sp³-hybridized carbons (Fsp3) is 0.667. The van der Waals surface area contributed by atoms with Gasteiger partial charge in [0, 0.05) is 38.4 Å². The molecule has 2 rings (SSSR count). The van der Waals surface area contributed by atoms with Gasteiger partial charge in [-0.3, -0.25) is 14.4 Å². The highest BCUT2D eigenvalue weighted by atomic mass is 32.3. The SMILES string of the molecule is CCN[C@H]1CN(CCCOC)S(=O)(=O)c2sc(S(=O)(=O)NC(=O)[C@H](C)C(=O)[C@H](C)C(=O)[C@H](C)O)cc21. The Kier molecular flexibility index (Phi) is 10.3. The number of sulfonamides is 2. The van der Waals surface area contributed by atoms with Crippen LogP contribution in [0.5, 0.6) is 0 Å². The molecule has 0 aliphatic carbocycles. The van der Waals surface area contributed by atoms with Gasteiger partial charge >= 0.3 is 0 Å². The standard InChI is InChI=1S/C21H33N3O9S3/c1-6-22-16-11-24(8-7-9-33-5)36(31,32)21-15(16)10-17(34-21)35(29,30)23-20(28)13(3)18(26)12(2)19(27)14(4)25/h10,12-14,16,22,25H,6-9,11H2,1-5H3,(H,23,28)/t12-,13+,14-,16-/m0/s1. The fourth-order valence-electron chi connectivity index (χ4n) is 3.75. The first kappa shape index (κ1) is 30.5. The molecule has 0 saturated heterocycles. The molecule has 0 fully saturated rings. The average molecular weight is 568 g/mol. The van der Waals surface area contributed by atoms with Crippen LogP contribution in [-0.4, -0.2) is 83.2 Å². The van der Waals surface area contributed by atoms with E-state index in [0.717, 1.165) is 6.92 Å². The first-order valence-corrected chi connectivity index (χ1v) is 15.1. The number of nitrogens with zero attached hydrogens (tertiary/aromatic N) is 1. The van der Waals surface area contributed by atoms with Crippen molar-refractivity contribution in [2.45, 2.75) is 54.7 Å². The van der Waals surface area contributed by atoms with Crippen molar-refractivity contribution in [3.05, 3.63) is 11.6 Å². The topological polar surface area (TPSA) is 176 Å². The number of nitrogens with one attached hydrogen (secondary N) is 2. The maximum Gasteiger partial charge on any atom is 0.273 e. The summed E-state index contributed by atoms with van der Waals surface area (Å²) in [6.45, 7) is 6.58. The Balaban J connectivity index is 2.33. The van der Waals surface area contributed by atoms with E-state index >= 15 is 0 Å². The molecule has 0 bridgehead atoms. The third-order valence-electron chi connectivity index (χ3n) is 5.83. The number of methoxy groups -OCH3 is 1. The van der Waals surface area contributed by atoms with Crippen molar-refractivity contribution in [3.63, 3.8) is 0 Å². The molecule has 2 heterocycles. The van der Waals surface area contributed by atoms with Crippen LogP contribution in [0.15, 0.2) is 14.5 Å². The predicted octanol–water partition coefficient (Wildman–Crippen LogP) is 0.0356. The summed E-state index contributed by atoms with van der Waals surface area (Å²) < 4.78 is 59.9. The van der Waals surface area contributed by atoms with Gasteiger partial charge in [0.15, 0.2) is 11.6 Å². The number of ether oxygens (including phenoxy) is 1. The number of rotatable bonds is 13. The van der Waals surface area contributed by atoms with Gasteiger partial charge in [-0.1, -0.05) is 6.92 Å². The van der Waals surface area contributed by atoms with E-state index in [1.54, 1.807) is 0 Å². The molecule has 36 heavy (non-hydrogen) atoms. The Morgan fingerprint density at radius 1 is 1.22 bits per heavy atom. The highest BCUT2D eigenvalue weighted by Gasteiger charge is 2.41. The van der Waals surface area contributed by atoms with Crippen LogP contribution in [0.3, 0.4) is 0 Å². The number of thiophene rings is 1. The molecule has 0 radical (unpaired) electrons.